The Hall–Kier alpha value is -2.31. The Morgan fingerprint density at radius 2 is 2.07 bits per heavy atom. The van der Waals surface area contributed by atoms with Crippen molar-refractivity contribution < 1.29 is 4.79 Å². The minimum absolute atomic E-state index is 0.0464. The number of benzene rings is 1. The van der Waals surface area contributed by atoms with Crippen molar-refractivity contribution >= 4 is 27.3 Å². The zero-order chi connectivity index (χ0) is 19.8. The predicted octanol–water partition coefficient (Wildman–Crippen LogP) is 4.13. The summed E-state index contributed by atoms with van der Waals surface area (Å²) in [5.74, 6) is 0.597. The summed E-state index contributed by atoms with van der Waals surface area (Å²) in [5, 5.41) is 1.34. The minimum Gasteiger partial charge on any atom is -0.334 e. The van der Waals surface area contributed by atoms with Crippen molar-refractivity contribution in [1.29, 1.82) is 0 Å². The van der Waals surface area contributed by atoms with E-state index >= 15 is 0 Å². The molecule has 0 spiro atoms. The number of piperidine rings is 2. The molecule has 0 radical (unpaired) electrons. The maximum Gasteiger partial charge on any atom is 0.274 e. The molecule has 5 nitrogen and oxygen atoms in total. The summed E-state index contributed by atoms with van der Waals surface area (Å²) in [4.78, 5) is 27.7. The highest BCUT2D eigenvalue weighted by atomic mass is 32.1. The zero-order valence-electron chi connectivity index (χ0n) is 16.8. The van der Waals surface area contributed by atoms with Gasteiger partial charge in [0.2, 0.25) is 0 Å². The first kappa shape index (κ1) is 18.7. The smallest absolute Gasteiger partial charge is 0.274 e. The van der Waals surface area contributed by atoms with Crippen LogP contribution in [0.3, 0.4) is 0 Å². The van der Waals surface area contributed by atoms with E-state index < -0.39 is 0 Å². The van der Waals surface area contributed by atoms with Gasteiger partial charge in [-0.05, 0) is 49.6 Å². The third kappa shape index (κ3) is 3.79. The van der Waals surface area contributed by atoms with E-state index in [0.29, 0.717) is 17.7 Å². The first-order valence-corrected chi connectivity index (χ1v) is 11.3. The van der Waals surface area contributed by atoms with E-state index in [2.05, 4.69) is 50.1 Å². The first-order valence-electron chi connectivity index (χ1n) is 10.5. The van der Waals surface area contributed by atoms with Gasteiger partial charge < -0.3 is 4.90 Å². The molecule has 2 aliphatic heterocycles. The molecule has 1 aromatic carbocycles. The van der Waals surface area contributed by atoms with Gasteiger partial charge in [0.25, 0.3) is 5.91 Å². The van der Waals surface area contributed by atoms with Gasteiger partial charge in [0.05, 0.1) is 11.9 Å². The van der Waals surface area contributed by atoms with Crippen LogP contribution in [0.5, 0.6) is 0 Å². The van der Waals surface area contributed by atoms with Gasteiger partial charge in [0.1, 0.15) is 5.69 Å². The normalized spacial score (nSPS) is 22.6. The maximum atomic E-state index is 13.0. The van der Waals surface area contributed by atoms with E-state index in [9.17, 15) is 4.79 Å². The summed E-state index contributed by atoms with van der Waals surface area (Å²) in [7, 11) is 0. The average molecular weight is 407 g/mol. The van der Waals surface area contributed by atoms with E-state index in [0.717, 1.165) is 44.7 Å². The highest BCUT2D eigenvalue weighted by molar-refractivity contribution is 7.19. The van der Waals surface area contributed by atoms with Crippen LogP contribution in [0.25, 0.3) is 10.1 Å². The molecule has 2 saturated heterocycles. The molecule has 2 fully saturated rings. The molecule has 2 aromatic heterocycles. The fraction of sp³-hybridized carbons (Fsp3) is 0.435. The Morgan fingerprint density at radius 1 is 1.17 bits per heavy atom. The predicted molar refractivity (Wildman–Crippen MR) is 116 cm³/mol. The van der Waals surface area contributed by atoms with E-state index in [1.54, 1.807) is 12.4 Å². The van der Waals surface area contributed by atoms with Gasteiger partial charge in [0, 0.05) is 48.0 Å². The molecule has 0 unspecified atom stereocenters. The van der Waals surface area contributed by atoms with Crippen molar-refractivity contribution in [2.75, 3.05) is 19.6 Å². The highest BCUT2D eigenvalue weighted by Crippen LogP contribution is 2.33. The number of aromatic nitrogens is 2. The SMILES string of the molecule is Cc1cnc(C(=O)N2CCC[C@@H]3CN(Cc4cc5ccccc5s4)CC[C@@H]32)cn1. The lowest BCUT2D eigenvalue weighted by molar-refractivity contribution is 0.0182. The number of aryl methyl sites for hydroxylation is 1. The molecule has 5 rings (SSSR count). The molecule has 150 valence electrons. The average Bonchev–Trinajstić information content (AvgIpc) is 3.15. The summed E-state index contributed by atoms with van der Waals surface area (Å²) in [6, 6.07) is 11.3. The quantitative estimate of drug-likeness (QED) is 0.656. The fourth-order valence-corrected chi connectivity index (χ4v) is 5.97. The zero-order valence-corrected chi connectivity index (χ0v) is 17.6. The van der Waals surface area contributed by atoms with Gasteiger partial charge in [-0.15, -0.1) is 11.3 Å². The van der Waals surface area contributed by atoms with Gasteiger partial charge in [-0.2, -0.15) is 0 Å². The summed E-state index contributed by atoms with van der Waals surface area (Å²) >= 11 is 1.90. The second kappa shape index (κ2) is 7.84. The summed E-state index contributed by atoms with van der Waals surface area (Å²) in [6.45, 7) is 5.86. The van der Waals surface area contributed by atoms with Crippen molar-refractivity contribution in [3.8, 4) is 0 Å². The Labute approximate surface area is 175 Å². The third-order valence-corrected chi connectivity index (χ3v) is 7.37. The Bertz CT molecular complexity index is 982. The second-order valence-corrected chi connectivity index (χ2v) is 9.45. The van der Waals surface area contributed by atoms with E-state index in [-0.39, 0.29) is 5.91 Å². The van der Waals surface area contributed by atoms with Crippen LogP contribution in [0.4, 0.5) is 0 Å². The number of likely N-dealkylation sites (tertiary alicyclic amines) is 2. The number of hydrogen-bond acceptors (Lipinski definition) is 5. The molecule has 0 N–H and O–H groups in total. The molecule has 29 heavy (non-hydrogen) atoms. The summed E-state index contributed by atoms with van der Waals surface area (Å²) in [5.41, 5.74) is 1.32. The lowest BCUT2D eigenvalue weighted by atomic mass is 9.83. The van der Waals surface area contributed by atoms with Crippen molar-refractivity contribution in [2.45, 2.75) is 38.8 Å². The number of carbonyl (C=O) groups excluding carboxylic acids is 1. The fourth-order valence-electron chi connectivity index (χ4n) is 4.86. The van der Waals surface area contributed by atoms with Crippen LogP contribution < -0.4 is 0 Å². The van der Waals surface area contributed by atoms with Crippen LogP contribution in [0.1, 0.15) is 40.3 Å². The van der Waals surface area contributed by atoms with E-state index in [1.807, 2.05) is 18.3 Å². The Kier molecular flexibility index (Phi) is 5.06. The first-order chi connectivity index (χ1) is 14.2. The van der Waals surface area contributed by atoms with Gasteiger partial charge in [-0.25, -0.2) is 4.98 Å². The lowest BCUT2D eigenvalue weighted by Gasteiger charge is -2.47. The Morgan fingerprint density at radius 3 is 2.90 bits per heavy atom. The molecular formula is C23H26N4OS. The number of hydrogen-bond donors (Lipinski definition) is 0. The van der Waals surface area contributed by atoms with Gasteiger partial charge >= 0.3 is 0 Å². The number of fused-ring (bicyclic) bond motifs is 2. The van der Waals surface area contributed by atoms with Crippen molar-refractivity contribution in [3.05, 3.63) is 59.0 Å². The lowest BCUT2D eigenvalue weighted by Crippen LogP contribution is -2.55. The molecule has 4 heterocycles. The molecule has 1 amide bonds. The van der Waals surface area contributed by atoms with Crippen LogP contribution in [0.2, 0.25) is 0 Å². The molecule has 2 atom stereocenters. The van der Waals surface area contributed by atoms with E-state index in [1.165, 1.54) is 21.4 Å². The van der Waals surface area contributed by atoms with Crippen LogP contribution in [0, 0.1) is 12.8 Å². The van der Waals surface area contributed by atoms with Crippen LogP contribution in [-0.2, 0) is 6.54 Å². The second-order valence-electron chi connectivity index (χ2n) is 8.29. The van der Waals surface area contributed by atoms with Crippen molar-refractivity contribution in [3.63, 3.8) is 0 Å². The molecule has 3 aromatic rings. The molecular weight excluding hydrogens is 380 g/mol. The summed E-state index contributed by atoms with van der Waals surface area (Å²) < 4.78 is 1.37. The summed E-state index contributed by atoms with van der Waals surface area (Å²) in [6.07, 6.45) is 6.63. The topological polar surface area (TPSA) is 49.3 Å². The maximum absolute atomic E-state index is 13.0. The number of carbonyl (C=O) groups is 1. The Balaban J connectivity index is 1.27. The van der Waals surface area contributed by atoms with Crippen LogP contribution >= 0.6 is 11.3 Å². The van der Waals surface area contributed by atoms with Crippen molar-refractivity contribution in [1.82, 2.24) is 19.8 Å². The highest BCUT2D eigenvalue weighted by Gasteiger charge is 2.38. The third-order valence-electron chi connectivity index (χ3n) is 6.27. The van der Waals surface area contributed by atoms with Crippen LogP contribution in [-0.4, -0.2) is 51.4 Å². The largest absolute Gasteiger partial charge is 0.334 e. The standard InChI is InChI=1S/C23H26N4OS/c1-16-12-25-20(13-24-16)23(28)27-9-4-6-18-14-26(10-8-21(18)27)15-19-11-17-5-2-3-7-22(17)29-19/h2-3,5,7,11-13,18,21H,4,6,8-10,14-15H2,1H3/t18-,21+/m1/s1. The van der Waals surface area contributed by atoms with E-state index in [4.69, 9.17) is 0 Å². The van der Waals surface area contributed by atoms with Crippen molar-refractivity contribution in [2.24, 2.45) is 5.92 Å². The molecule has 6 heteroatoms. The van der Waals surface area contributed by atoms with Gasteiger partial charge in [-0.1, -0.05) is 18.2 Å². The molecule has 0 saturated carbocycles. The number of rotatable bonds is 3. The van der Waals surface area contributed by atoms with Gasteiger partial charge in [0.15, 0.2) is 0 Å². The molecule has 0 bridgehead atoms. The molecule has 0 aliphatic carbocycles. The van der Waals surface area contributed by atoms with Gasteiger partial charge in [-0.3, -0.25) is 14.7 Å². The number of thiophene rings is 1. The molecule has 2 aliphatic rings. The number of nitrogens with zero attached hydrogens (tertiary/aromatic N) is 4. The minimum atomic E-state index is 0.0464. The number of amides is 1. The monoisotopic (exact) mass is 406 g/mol. The van der Waals surface area contributed by atoms with Crippen LogP contribution in [0.15, 0.2) is 42.7 Å².